The fourth-order valence-corrected chi connectivity index (χ4v) is 2.84. The second-order valence-corrected chi connectivity index (χ2v) is 6.99. The van der Waals surface area contributed by atoms with Crippen LogP contribution in [0.2, 0.25) is 0 Å². The van der Waals surface area contributed by atoms with Gasteiger partial charge in [0.05, 0.1) is 12.2 Å². The highest BCUT2D eigenvalue weighted by molar-refractivity contribution is 5.83. The minimum atomic E-state index is -1.35. The molecule has 0 amide bonds. The summed E-state index contributed by atoms with van der Waals surface area (Å²) in [7, 11) is 5.81. The van der Waals surface area contributed by atoms with Crippen molar-refractivity contribution in [2.75, 3.05) is 28.4 Å². The van der Waals surface area contributed by atoms with Gasteiger partial charge >= 0.3 is 11.9 Å². The van der Waals surface area contributed by atoms with Gasteiger partial charge in [0.15, 0.2) is 0 Å². The van der Waals surface area contributed by atoms with Crippen LogP contribution in [0.4, 0.5) is 0 Å². The highest BCUT2D eigenvalue weighted by Gasteiger charge is 2.44. The first-order chi connectivity index (χ1) is 14.1. The minimum absolute atomic E-state index is 0.253. The predicted molar refractivity (Wildman–Crippen MR) is 110 cm³/mol. The molecule has 0 aromatic rings. The van der Waals surface area contributed by atoms with E-state index in [-0.39, 0.29) is 12.2 Å². The molecular formula is C22H32O8. The average Bonchev–Trinajstić information content (AvgIpc) is 2.69. The largest absolute Gasteiger partial charge is 0.460 e. The van der Waals surface area contributed by atoms with Gasteiger partial charge in [-0.3, -0.25) is 0 Å². The molecular weight excluding hydrogens is 392 g/mol. The zero-order valence-electron chi connectivity index (χ0n) is 18.9. The Morgan fingerprint density at radius 2 is 1.00 bits per heavy atom. The molecule has 1 aliphatic carbocycles. The van der Waals surface area contributed by atoms with Crippen molar-refractivity contribution in [1.29, 1.82) is 0 Å². The number of methoxy groups -OCH3 is 4. The Bertz CT molecular complexity index is 657. The summed E-state index contributed by atoms with van der Waals surface area (Å²) in [6.45, 7) is 7.03. The molecule has 0 aromatic heterocycles. The highest BCUT2D eigenvalue weighted by atomic mass is 16.7. The van der Waals surface area contributed by atoms with E-state index in [2.05, 4.69) is 0 Å². The van der Waals surface area contributed by atoms with Crippen molar-refractivity contribution < 1.29 is 38.0 Å². The van der Waals surface area contributed by atoms with Crippen molar-refractivity contribution in [2.45, 2.75) is 51.5 Å². The predicted octanol–water partition coefficient (Wildman–Crippen LogP) is 2.85. The van der Waals surface area contributed by atoms with E-state index in [1.54, 1.807) is 39.8 Å². The molecule has 0 saturated carbocycles. The maximum absolute atomic E-state index is 12.0. The van der Waals surface area contributed by atoms with Gasteiger partial charge < -0.3 is 28.4 Å². The monoisotopic (exact) mass is 424 g/mol. The van der Waals surface area contributed by atoms with Gasteiger partial charge in [-0.1, -0.05) is 0 Å². The topological polar surface area (TPSA) is 89.5 Å². The van der Waals surface area contributed by atoms with Crippen molar-refractivity contribution in [3.63, 3.8) is 0 Å². The molecule has 168 valence electrons. The first kappa shape index (κ1) is 25.8. The summed E-state index contributed by atoms with van der Waals surface area (Å²) in [5.74, 6) is -3.73. The fourth-order valence-electron chi connectivity index (χ4n) is 2.84. The molecule has 30 heavy (non-hydrogen) atoms. The Labute approximate surface area is 178 Å². The van der Waals surface area contributed by atoms with E-state index in [1.807, 2.05) is 0 Å². The van der Waals surface area contributed by atoms with Crippen molar-refractivity contribution in [3.05, 3.63) is 47.6 Å². The lowest BCUT2D eigenvalue weighted by molar-refractivity contribution is -0.168. The van der Waals surface area contributed by atoms with Crippen LogP contribution < -0.4 is 0 Å². The Balaban J connectivity index is 3.41. The molecule has 0 aromatic carbocycles. The fraction of sp³-hybridized carbons (Fsp3) is 0.545. The Morgan fingerprint density at radius 1 is 0.700 bits per heavy atom. The molecule has 0 heterocycles. The van der Waals surface area contributed by atoms with E-state index < -0.39 is 23.5 Å². The Kier molecular flexibility index (Phi) is 9.64. The van der Waals surface area contributed by atoms with E-state index in [0.717, 1.165) is 0 Å². The van der Waals surface area contributed by atoms with Crippen molar-refractivity contribution in [3.8, 4) is 0 Å². The second-order valence-electron chi connectivity index (χ2n) is 6.99. The maximum Gasteiger partial charge on any atom is 0.331 e. The summed E-state index contributed by atoms with van der Waals surface area (Å²) in [5, 5.41) is 0. The van der Waals surface area contributed by atoms with Gasteiger partial charge in [-0.15, -0.1) is 0 Å². The van der Waals surface area contributed by atoms with E-state index in [0.29, 0.717) is 11.1 Å². The molecule has 0 fully saturated rings. The van der Waals surface area contributed by atoms with Gasteiger partial charge in [-0.05, 0) is 52.0 Å². The lowest BCUT2D eigenvalue weighted by Crippen LogP contribution is -2.44. The van der Waals surface area contributed by atoms with E-state index in [1.165, 1.54) is 52.7 Å². The molecule has 0 atom stereocenters. The van der Waals surface area contributed by atoms with Gasteiger partial charge in [0.2, 0.25) is 11.6 Å². The standard InChI is InChI=1S/C22H32O8/c1-15(2)29-19(23)11-9-17-13-22(27-7,28-8)18(14-21(17,25-5)26-6)10-12-20(24)30-16(3)4/h9-16H,1-8H3/b11-9+,12-10+. The average molecular weight is 424 g/mol. The van der Waals surface area contributed by atoms with Crippen molar-refractivity contribution in [1.82, 2.24) is 0 Å². The number of esters is 2. The molecule has 1 rings (SSSR count). The molecule has 1 aliphatic rings. The smallest absolute Gasteiger partial charge is 0.331 e. The van der Waals surface area contributed by atoms with Crippen LogP contribution in [-0.4, -0.2) is 64.2 Å². The van der Waals surface area contributed by atoms with Gasteiger partial charge in [-0.2, -0.15) is 0 Å². The van der Waals surface area contributed by atoms with E-state index >= 15 is 0 Å². The summed E-state index contributed by atoms with van der Waals surface area (Å²) in [5.41, 5.74) is 0.887. The highest BCUT2D eigenvalue weighted by Crippen LogP contribution is 2.39. The molecule has 0 N–H and O–H groups in total. The lowest BCUT2D eigenvalue weighted by atomic mass is 9.88. The summed E-state index contributed by atoms with van der Waals surface area (Å²) in [4.78, 5) is 23.9. The Morgan fingerprint density at radius 3 is 1.23 bits per heavy atom. The molecule has 0 radical (unpaired) electrons. The zero-order valence-corrected chi connectivity index (χ0v) is 18.9. The van der Waals surface area contributed by atoms with Crippen LogP contribution >= 0.6 is 0 Å². The molecule has 8 heteroatoms. The molecule has 0 aliphatic heterocycles. The van der Waals surface area contributed by atoms with Crippen LogP contribution in [0.3, 0.4) is 0 Å². The summed E-state index contributed by atoms with van der Waals surface area (Å²) in [6.07, 6.45) is 8.25. The molecule has 8 nitrogen and oxygen atoms in total. The summed E-state index contributed by atoms with van der Waals surface area (Å²) >= 11 is 0. The van der Waals surface area contributed by atoms with Crippen LogP contribution in [0.5, 0.6) is 0 Å². The van der Waals surface area contributed by atoms with E-state index in [4.69, 9.17) is 28.4 Å². The van der Waals surface area contributed by atoms with Crippen LogP contribution in [0, 0.1) is 0 Å². The molecule has 0 unspecified atom stereocenters. The normalized spacial score (nSPS) is 18.1. The molecule has 0 spiro atoms. The lowest BCUT2D eigenvalue weighted by Gasteiger charge is -2.40. The third-order valence-electron chi connectivity index (χ3n) is 4.21. The van der Waals surface area contributed by atoms with E-state index in [9.17, 15) is 9.59 Å². The van der Waals surface area contributed by atoms with Crippen LogP contribution in [-0.2, 0) is 38.0 Å². The number of carbonyl (C=O) groups excluding carboxylic acids is 2. The SMILES string of the molecule is COC1(OC)C=C(/C=C/C(=O)OC(C)C)C(OC)(OC)C=C1/C=C/C(=O)OC(C)C. The molecule has 0 saturated heterocycles. The number of rotatable bonds is 10. The quantitative estimate of drug-likeness (QED) is 0.300. The van der Waals surface area contributed by atoms with Crippen LogP contribution in [0.1, 0.15) is 27.7 Å². The van der Waals surface area contributed by atoms with Gasteiger partial charge in [0.25, 0.3) is 0 Å². The second kappa shape index (κ2) is 11.2. The molecule has 0 bridgehead atoms. The van der Waals surface area contributed by atoms with Crippen molar-refractivity contribution in [2.24, 2.45) is 0 Å². The van der Waals surface area contributed by atoms with Gasteiger partial charge in [0, 0.05) is 51.7 Å². The third kappa shape index (κ3) is 6.37. The van der Waals surface area contributed by atoms with Crippen LogP contribution in [0.25, 0.3) is 0 Å². The van der Waals surface area contributed by atoms with Crippen LogP contribution in [0.15, 0.2) is 47.6 Å². The number of carbonyl (C=O) groups is 2. The van der Waals surface area contributed by atoms with Gasteiger partial charge in [0.1, 0.15) is 0 Å². The van der Waals surface area contributed by atoms with Gasteiger partial charge in [-0.25, -0.2) is 9.59 Å². The Hall–Kier alpha value is -2.26. The number of hydrogen-bond donors (Lipinski definition) is 0. The number of hydrogen-bond acceptors (Lipinski definition) is 8. The minimum Gasteiger partial charge on any atom is -0.460 e. The number of ether oxygens (including phenoxy) is 6. The summed E-state index contributed by atoms with van der Waals surface area (Å²) in [6, 6.07) is 0. The summed E-state index contributed by atoms with van der Waals surface area (Å²) < 4.78 is 32.7. The van der Waals surface area contributed by atoms with Crippen molar-refractivity contribution >= 4 is 11.9 Å². The third-order valence-corrected chi connectivity index (χ3v) is 4.21. The first-order valence-corrected chi connectivity index (χ1v) is 9.52. The zero-order chi connectivity index (χ0) is 22.9. The maximum atomic E-state index is 12.0. The first-order valence-electron chi connectivity index (χ1n) is 9.52.